The number of hydrogen-bond acceptors (Lipinski definition) is 2. The molecule has 0 aromatic heterocycles. The number of hydrogen-bond donors (Lipinski definition) is 1. The first-order valence-electron chi connectivity index (χ1n) is 6.97. The van der Waals surface area contributed by atoms with E-state index in [0.717, 1.165) is 11.1 Å². The lowest BCUT2D eigenvalue weighted by Gasteiger charge is -2.16. The molecule has 0 saturated heterocycles. The maximum absolute atomic E-state index is 11.9. The highest BCUT2D eigenvalue weighted by atomic mass is 35.5. The number of rotatable bonds is 6. The molecule has 2 aromatic carbocycles. The molecule has 1 amide bonds. The van der Waals surface area contributed by atoms with E-state index < -0.39 is 0 Å². The van der Waals surface area contributed by atoms with E-state index in [-0.39, 0.29) is 5.91 Å². The average Bonchev–Trinajstić information content (AvgIpc) is 2.46. The Hall–Kier alpha value is -1.55. The predicted molar refractivity (Wildman–Crippen MR) is 91.1 cm³/mol. The number of nitrogens with one attached hydrogen (secondary N) is 1. The Balaban J connectivity index is 1.77. The Bertz CT molecular complexity index is 629. The second-order valence-corrected chi connectivity index (χ2v) is 6.08. The Morgan fingerprint density at radius 3 is 2.45 bits per heavy atom. The summed E-state index contributed by atoms with van der Waals surface area (Å²) < 4.78 is 0. The van der Waals surface area contributed by atoms with Crippen molar-refractivity contribution in [3.05, 3.63) is 69.7 Å². The van der Waals surface area contributed by atoms with Gasteiger partial charge in [0.1, 0.15) is 0 Å². The molecule has 116 valence electrons. The zero-order valence-electron chi connectivity index (χ0n) is 12.4. The Kier molecular flexibility index (Phi) is 6.25. The van der Waals surface area contributed by atoms with Gasteiger partial charge in [0.2, 0.25) is 5.91 Å². The fraction of sp³-hybridized carbons (Fsp3) is 0.235. The zero-order valence-corrected chi connectivity index (χ0v) is 13.9. The van der Waals surface area contributed by atoms with E-state index in [0.29, 0.717) is 29.7 Å². The van der Waals surface area contributed by atoms with Crippen LogP contribution < -0.4 is 5.32 Å². The molecule has 0 unspecified atom stereocenters. The van der Waals surface area contributed by atoms with Crippen LogP contribution in [0.4, 0.5) is 0 Å². The van der Waals surface area contributed by atoms with Gasteiger partial charge in [0.15, 0.2) is 0 Å². The monoisotopic (exact) mass is 336 g/mol. The molecule has 0 aliphatic rings. The van der Waals surface area contributed by atoms with Crippen LogP contribution in [0.3, 0.4) is 0 Å². The molecule has 0 fully saturated rings. The van der Waals surface area contributed by atoms with Gasteiger partial charge >= 0.3 is 0 Å². The second kappa shape index (κ2) is 8.18. The molecular weight excluding hydrogens is 319 g/mol. The fourth-order valence-corrected chi connectivity index (χ4v) is 2.45. The maximum Gasteiger partial charge on any atom is 0.234 e. The largest absolute Gasteiger partial charge is 0.351 e. The number of carbonyl (C=O) groups is 1. The summed E-state index contributed by atoms with van der Waals surface area (Å²) in [6.45, 7) is 1.51. The number of carbonyl (C=O) groups excluding carboxylic acids is 1. The van der Waals surface area contributed by atoms with Gasteiger partial charge in [-0.2, -0.15) is 0 Å². The highest BCUT2D eigenvalue weighted by molar-refractivity contribution is 6.30. The molecule has 0 saturated carbocycles. The Morgan fingerprint density at radius 2 is 1.77 bits per heavy atom. The number of nitrogens with zero attached hydrogens (tertiary/aromatic N) is 1. The summed E-state index contributed by atoms with van der Waals surface area (Å²) in [5.74, 6) is -0.0144. The highest BCUT2D eigenvalue weighted by Gasteiger charge is 2.07. The molecule has 0 heterocycles. The molecule has 2 aromatic rings. The number of amides is 1. The van der Waals surface area contributed by atoms with Crippen LogP contribution in [0.5, 0.6) is 0 Å². The van der Waals surface area contributed by atoms with Gasteiger partial charge in [-0.15, -0.1) is 0 Å². The van der Waals surface area contributed by atoms with Crippen molar-refractivity contribution in [1.82, 2.24) is 10.2 Å². The van der Waals surface area contributed by atoms with Crippen molar-refractivity contribution in [2.24, 2.45) is 0 Å². The lowest BCUT2D eigenvalue weighted by atomic mass is 10.2. The van der Waals surface area contributed by atoms with E-state index in [1.165, 1.54) is 0 Å². The third-order valence-electron chi connectivity index (χ3n) is 3.16. The molecule has 2 rings (SSSR count). The fourth-order valence-electron chi connectivity index (χ4n) is 2.11. The van der Waals surface area contributed by atoms with Gasteiger partial charge in [0.25, 0.3) is 0 Å². The highest BCUT2D eigenvalue weighted by Crippen LogP contribution is 2.12. The van der Waals surface area contributed by atoms with Gasteiger partial charge in [-0.05, 0) is 42.4 Å². The normalized spacial score (nSPS) is 10.7. The summed E-state index contributed by atoms with van der Waals surface area (Å²) in [6, 6.07) is 15.1. The topological polar surface area (TPSA) is 32.3 Å². The van der Waals surface area contributed by atoms with Crippen LogP contribution in [0.2, 0.25) is 10.0 Å². The maximum atomic E-state index is 11.9. The first kappa shape index (κ1) is 16.8. The summed E-state index contributed by atoms with van der Waals surface area (Å²) in [7, 11) is 1.91. The van der Waals surface area contributed by atoms with Gasteiger partial charge in [-0.1, -0.05) is 47.5 Å². The first-order valence-corrected chi connectivity index (χ1v) is 7.72. The molecule has 0 radical (unpaired) electrons. The average molecular weight is 337 g/mol. The zero-order chi connectivity index (χ0) is 15.9. The second-order valence-electron chi connectivity index (χ2n) is 5.21. The smallest absolute Gasteiger partial charge is 0.234 e. The minimum Gasteiger partial charge on any atom is -0.351 e. The van der Waals surface area contributed by atoms with Crippen molar-refractivity contribution in [1.29, 1.82) is 0 Å². The lowest BCUT2D eigenvalue weighted by molar-refractivity contribution is -0.122. The van der Waals surface area contributed by atoms with Crippen LogP contribution in [0, 0.1) is 0 Å². The third kappa shape index (κ3) is 5.68. The summed E-state index contributed by atoms with van der Waals surface area (Å²) in [4.78, 5) is 13.9. The molecule has 1 N–H and O–H groups in total. The minimum atomic E-state index is -0.0144. The van der Waals surface area contributed by atoms with Crippen LogP contribution in [0.1, 0.15) is 11.1 Å². The van der Waals surface area contributed by atoms with E-state index in [1.807, 2.05) is 60.5 Å². The van der Waals surface area contributed by atoms with Gasteiger partial charge in [-0.25, -0.2) is 0 Å². The SMILES string of the molecule is CN(CC(=O)NCc1ccc(Cl)cc1)Cc1cccc(Cl)c1. The molecule has 3 nitrogen and oxygen atoms in total. The standard InChI is InChI=1S/C17H18Cl2N2O/c1-21(11-14-3-2-4-16(19)9-14)12-17(22)20-10-13-5-7-15(18)8-6-13/h2-9H,10-12H2,1H3,(H,20,22). The van der Waals surface area contributed by atoms with E-state index in [2.05, 4.69) is 5.32 Å². The Morgan fingerprint density at radius 1 is 1.05 bits per heavy atom. The minimum absolute atomic E-state index is 0.0144. The molecule has 0 bridgehead atoms. The van der Waals surface area contributed by atoms with Crippen LogP contribution >= 0.6 is 23.2 Å². The van der Waals surface area contributed by atoms with Gasteiger partial charge < -0.3 is 5.32 Å². The van der Waals surface area contributed by atoms with Crippen molar-refractivity contribution in [2.75, 3.05) is 13.6 Å². The first-order chi connectivity index (χ1) is 10.5. The van der Waals surface area contributed by atoms with Crippen LogP contribution in [-0.2, 0) is 17.9 Å². The van der Waals surface area contributed by atoms with Crippen molar-refractivity contribution in [3.8, 4) is 0 Å². The van der Waals surface area contributed by atoms with Crippen LogP contribution in [-0.4, -0.2) is 24.4 Å². The molecule has 0 spiro atoms. The molecule has 0 aliphatic heterocycles. The summed E-state index contributed by atoms with van der Waals surface area (Å²) in [5.41, 5.74) is 2.11. The van der Waals surface area contributed by atoms with E-state index in [9.17, 15) is 4.79 Å². The van der Waals surface area contributed by atoms with Crippen LogP contribution in [0.15, 0.2) is 48.5 Å². The van der Waals surface area contributed by atoms with Gasteiger partial charge in [0.05, 0.1) is 6.54 Å². The lowest BCUT2D eigenvalue weighted by Crippen LogP contribution is -2.34. The summed E-state index contributed by atoms with van der Waals surface area (Å²) in [6.07, 6.45) is 0. The third-order valence-corrected chi connectivity index (χ3v) is 3.65. The van der Waals surface area contributed by atoms with E-state index >= 15 is 0 Å². The number of halogens is 2. The summed E-state index contributed by atoms with van der Waals surface area (Å²) >= 11 is 11.8. The quantitative estimate of drug-likeness (QED) is 0.871. The van der Waals surface area contributed by atoms with Crippen molar-refractivity contribution >= 4 is 29.1 Å². The molecular formula is C17H18Cl2N2O. The number of likely N-dealkylation sites (N-methyl/N-ethyl adjacent to an activating group) is 1. The molecule has 22 heavy (non-hydrogen) atoms. The predicted octanol–water partition coefficient (Wildman–Crippen LogP) is 3.74. The molecule has 0 atom stereocenters. The van der Waals surface area contributed by atoms with Crippen molar-refractivity contribution < 1.29 is 4.79 Å². The van der Waals surface area contributed by atoms with Crippen LogP contribution in [0.25, 0.3) is 0 Å². The molecule has 5 heteroatoms. The van der Waals surface area contributed by atoms with E-state index in [4.69, 9.17) is 23.2 Å². The Labute approximate surface area is 140 Å². The van der Waals surface area contributed by atoms with Gasteiger partial charge in [0, 0.05) is 23.1 Å². The van der Waals surface area contributed by atoms with Crippen molar-refractivity contribution in [2.45, 2.75) is 13.1 Å². The number of benzene rings is 2. The van der Waals surface area contributed by atoms with Gasteiger partial charge in [-0.3, -0.25) is 9.69 Å². The van der Waals surface area contributed by atoms with Crippen molar-refractivity contribution in [3.63, 3.8) is 0 Å². The summed E-state index contributed by atoms with van der Waals surface area (Å²) in [5, 5.41) is 4.29. The molecule has 0 aliphatic carbocycles. The van der Waals surface area contributed by atoms with E-state index in [1.54, 1.807) is 0 Å².